The third-order valence-corrected chi connectivity index (χ3v) is 2.95. The number of nitrogens with one attached hydrogen (secondary N) is 1. The number of aromatic nitrogens is 2. The van der Waals surface area contributed by atoms with E-state index in [-0.39, 0.29) is 12.6 Å². The summed E-state index contributed by atoms with van der Waals surface area (Å²) in [6, 6.07) is 11.5. The van der Waals surface area contributed by atoms with Crippen molar-refractivity contribution in [3.05, 3.63) is 47.7 Å². The molecular weight excluding hydrogens is 252 g/mol. The van der Waals surface area contributed by atoms with Gasteiger partial charge in [-0.2, -0.15) is 4.98 Å². The summed E-state index contributed by atoms with van der Waals surface area (Å²) in [6.07, 6.45) is 0. The van der Waals surface area contributed by atoms with Crippen LogP contribution in [0, 0.1) is 6.92 Å². The van der Waals surface area contributed by atoms with Gasteiger partial charge >= 0.3 is 0 Å². The number of aliphatic hydroxyl groups is 1. The van der Waals surface area contributed by atoms with E-state index in [1.165, 1.54) is 0 Å². The van der Waals surface area contributed by atoms with Crippen LogP contribution in [0.2, 0.25) is 0 Å². The summed E-state index contributed by atoms with van der Waals surface area (Å²) in [6.45, 7) is 1.93. The van der Waals surface area contributed by atoms with Gasteiger partial charge in [-0.15, -0.1) is 0 Å². The van der Waals surface area contributed by atoms with Crippen LogP contribution in [0.1, 0.15) is 17.3 Å². The zero-order chi connectivity index (χ0) is 14.5. The van der Waals surface area contributed by atoms with Crippen LogP contribution in [0.3, 0.4) is 0 Å². The molecule has 1 aromatic carbocycles. The van der Waals surface area contributed by atoms with Gasteiger partial charge in [0.05, 0.1) is 12.6 Å². The third kappa shape index (κ3) is 3.45. The van der Waals surface area contributed by atoms with Crippen molar-refractivity contribution in [1.82, 2.24) is 9.97 Å². The van der Waals surface area contributed by atoms with Crippen LogP contribution in [-0.4, -0.2) is 35.8 Å². The van der Waals surface area contributed by atoms with Crippen molar-refractivity contribution in [2.45, 2.75) is 13.0 Å². The van der Waals surface area contributed by atoms with E-state index in [2.05, 4.69) is 15.3 Å². The van der Waals surface area contributed by atoms with E-state index in [9.17, 15) is 5.11 Å². The number of aliphatic hydroxyl groups excluding tert-OH is 1. The van der Waals surface area contributed by atoms with Gasteiger partial charge in [0, 0.05) is 25.9 Å². The normalized spacial score (nSPS) is 12.0. The maximum atomic E-state index is 9.57. The second kappa shape index (κ2) is 6.34. The predicted molar refractivity (Wildman–Crippen MR) is 81.0 cm³/mol. The maximum absolute atomic E-state index is 9.57. The highest BCUT2D eigenvalue weighted by atomic mass is 16.3. The van der Waals surface area contributed by atoms with Crippen LogP contribution in [0.25, 0.3) is 0 Å². The lowest BCUT2D eigenvalue weighted by atomic mass is 10.1. The van der Waals surface area contributed by atoms with E-state index in [1.807, 2.05) is 62.3 Å². The average molecular weight is 272 g/mol. The van der Waals surface area contributed by atoms with E-state index in [4.69, 9.17) is 0 Å². The topological polar surface area (TPSA) is 61.3 Å². The summed E-state index contributed by atoms with van der Waals surface area (Å²) >= 11 is 0. The van der Waals surface area contributed by atoms with Gasteiger partial charge in [-0.05, 0) is 12.5 Å². The Morgan fingerprint density at radius 1 is 1.20 bits per heavy atom. The number of nitrogens with zero attached hydrogens (tertiary/aromatic N) is 3. The molecule has 0 saturated carbocycles. The van der Waals surface area contributed by atoms with Crippen LogP contribution in [0.4, 0.5) is 11.8 Å². The molecule has 0 amide bonds. The number of hydrogen-bond acceptors (Lipinski definition) is 5. The van der Waals surface area contributed by atoms with Crippen molar-refractivity contribution in [3.8, 4) is 0 Å². The molecule has 0 unspecified atom stereocenters. The molecule has 2 aromatic rings. The Balaban J connectivity index is 2.24. The van der Waals surface area contributed by atoms with Crippen molar-refractivity contribution < 1.29 is 5.11 Å². The summed E-state index contributed by atoms with van der Waals surface area (Å²) in [4.78, 5) is 10.6. The number of anilines is 2. The van der Waals surface area contributed by atoms with Gasteiger partial charge in [0.1, 0.15) is 5.82 Å². The molecule has 0 radical (unpaired) electrons. The van der Waals surface area contributed by atoms with Crippen LogP contribution < -0.4 is 10.2 Å². The lowest BCUT2D eigenvalue weighted by molar-refractivity contribution is 0.276. The molecule has 5 nitrogen and oxygen atoms in total. The van der Waals surface area contributed by atoms with Crippen LogP contribution in [0.5, 0.6) is 0 Å². The van der Waals surface area contributed by atoms with Gasteiger partial charge in [0.15, 0.2) is 0 Å². The molecule has 0 aliphatic rings. The Kier molecular flexibility index (Phi) is 4.53. The molecule has 0 bridgehead atoms. The Morgan fingerprint density at radius 3 is 2.50 bits per heavy atom. The van der Waals surface area contributed by atoms with Gasteiger partial charge in [0.2, 0.25) is 5.95 Å². The monoisotopic (exact) mass is 272 g/mol. The van der Waals surface area contributed by atoms with E-state index >= 15 is 0 Å². The molecule has 0 spiro atoms. The largest absolute Gasteiger partial charge is 0.394 e. The molecule has 0 fully saturated rings. The highest BCUT2D eigenvalue weighted by Gasteiger charge is 2.12. The average Bonchev–Trinajstić information content (AvgIpc) is 2.45. The highest BCUT2D eigenvalue weighted by molar-refractivity contribution is 5.45. The zero-order valence-electron chi connectivity index (χ0n) is 12.0. The van der Waals surface area contributed by atoms with Crippen LogP contribution >= 0.6 is 0 Å². The summed E-state index contributed by atoms with van der Waals surface area (Å²) in [5, 5.41) is 12.8. The van der Waals surface area contributed by atoms with Gasteiger partial charge in [-0.25, -0.2) is 4.98 Å². The first-order valence-electron chi connectivity index (χ1n) is 6.55. The summed E-state index contributed by atoms with van der Waals surface area (Å²) in [5.74, 6) is 1.36. The molecule has 1 aromatic heterocycles. The standard InChI is InChI=1S/C15H20N4O/c1-11-9-14(18-15(16-11)19(2)3)17-13(10-20)12-7-5-4-6-8-12/h4-9,13,20H,10H2,1-3H3,(H,16,17,18)/t13-/m0/s1. The smallest absolute Gasteiger partial charge is 0.226 e. The SMILES string of the molecule is Cc1cc(N[C@@H](CO)c2ccccc2)nc(N(C)C)n1. The molecule has 0 aliphatic heterocycles. The third-order valence-electron chi connectivity index (χ3n) is 2.95. The molecule has 1 atom stereocenters. The Hall–Kier alpha value is -2.14. The number of benzene rings is 1. The summed E-state index contributed by atoms with van der Waals surface area (Å²) in [5.41, 5.74) is 1.91. The second-order valence-electron chi connectivity index (χ2n) is 4.88. The van der Waals surface area contributed by atoms with E-state index < -0.39 is 0 Å². The lowest BCUT2D eigenvalue weighted by Crippen LogP contribution is -2.18. The fourth-order valence-corrected chi connectivity index (χ4v) is 1.93. The minimum Gasteiger partial charge on any atom is -0.394 e. The Morgan fingerprint density at radius 2 is 1.90 bits per heavy atom. The molecule has 1 heterocycles. The quantitative estimate of drug-likeness (QED) is 0.871. The van der Waals surface area contributed by atoms with Gasteiger partial charge < -0.3 is 15.3 Å². The Bertz CT molecular complexity index is 557. The molecule has 2 N–H and O–H groups in total. The summed E-state index contributed by atoms with van der Waals surface area (Å²) < 4.78 is 0. The first-order valence-corrected chi connectivity index (χ1v) is 6.55. The predicted octanol–water partition coefficient (Wildman–Crippen LogP) is 2.00. The molecule has 2 rings (SSSR count). The van der Waals surface area contributed by atoms with Crippen molar-refractivity contribution in [2.75, 3.05) is 30.9 Å². The fraction of sp³-hybridized carbons (Fsp3) is 0.333. The van der Waals surface area contributed by atoms with Crippen molar-refractivity contribution in [2.24, 2.45) is 0 Å². The van der Waals surface area contributed by atoms with Crippen molar-refractivity contribution in [1.29, 1.82) is 0 Å². The number of rotatable bonds is 5. The number of aryl methyl sites for hydroxylation is 1. The number of hydrogen-bond donors (Lipinski definition) is 2. The molecule has 5 heteroatoms. The van der Waals surface area contributed by atoms with E-state index in [1.54, 1.807) is 0 Å². The van der Waals surface area contributed by atoms with E-state index in [0.717, 1.165) is 11.3 Å². The molecular formula is C15H20N4O. The minimum atomic E-state index is -0.180. The second-order valence-corrected chi connectivity index (χ2v) is 4.88. The van der Waals surface area contributed by atoms with Crippen LogP contribution in [-0.2, 0) is 0 Å². The lowest BCUT2D eigenvalue weighted by Gasteiger charge is -2.19. The van der Waals surface area contributed by atoms with Crippen molar-refractivity contribution in [3.63, 3.8) is 0 Å². The van der Waals surface area contributed by atoms with Gasteiger partial charge in [0.25, 0.3) is 0 Å². The summed E-state index contributed by atoms with van der Waals surface area (Å²) in [7, 11) is 3.80. The first-order chi connectivity index (χ1) is 9.60. The fourth-order valence-electron chi connectivity index (χ4n) is 1.93. The minimum absolute atomic E-state index is 0.00433. The zero-order valence-corrected chi connectivity index (χ0v) is 12.0. The molecule has 0 saturated heterocycles. The van der Waals surface area contributed by atoms with Crippen molar-refractivity contribution >= 4 is 11.8 Å². The molecule has 20 heavy (non-hydrogen) atoms. The van der Waals surface area contributed by atoms with Gasteiger partial charge in [-0.3, -0.25) is 0 Å². The molecule has 106 valence electrons. The molecule has 0 aliphatic carbocycles. The van der Waals surface area contributed by atoms with E-state index in [0.29, 0.717) is 11.8 Å². The maximum Gasteiger partial charge on any atom is 0.226 e. The highest BCUT2D eigenvalue weighted by Crippen LogP contribution is 2.19. The van der Waals surface area contributed by atoms with Gasteiger partial charge in [-0.1, -0.05) is 30.3 Å². The first kappa shape index (κ1) is 14.3. The Labute approximate surface area is 119 Å². The van der Waals surface area contributed by atoms with Crippen LogP contribution in [0.15, 0.2) is 36.4 Å².